The fourth-order valence-electron chi connectivity index (χ4n) is 3.51. The van der Waals surface area contributed by atoms with Gasteiger partial charge in [-0.2, -0.15) is 8.78 Å². The molecule has 0 radical (unpaired) electrons. The van der Waals surface area contributed by atoms with E-state index in [-0.39, 0.29) is 29.9 Å². The average Bonchev–Trinajstić information content (AvgIpc) is 3.07. The van der Waals surface area contributed by atoms with Crippen LogP contribution in [0.3, 0.4) is 0 Å². The van der Waals surface area contributed by atoms with Gasteiger partial charge >= 0.3 is 6.61 Å². The van der Waals surface area contributed by atoms with Gasteiger partial charge < -0.3 is 15.4 Å². The molecular formula is C20H22F2N2O2. The minimum absolute atomic E-state index is 0.0314. The van der Waals surface area contributed by atoms with Crippen molar-refractivity contribution in [2.75, 3.05) is 19.6 Å². The number of alkyl halides is 2. The topological polar surface area (TPSA) is 55.6 Å². The van der Waals surface area contributed by atoms with Crippen molar-refractivity contribution in [3.8, 4) is 5.75 Å². The van der Waals surface area contributed by atoms with Crippen molar-refractivity contribution < 1.29 is 18.3 Å². The first kappa shape index (κ1) is 18.3. The summed E-state index contributed by atoms with van der Waals surface area (Å²) in [4.78, 5) is 14.5. The summed E-state index contributed by atoms with van der Waals surface area (Å²) in [5.74, 6) is 0.471. The zero-order valence-corrected chi connectivity index (χ0v) is 14.4. The van der Waals surface area contributed by atoms with E-state index in [1.54, 1.807) is 12.1 Å². The van der Waals surface area contributed by atoms with Gasteiger partial charge in [0, 0.05) is 19.0 Å². The van der Waals surface area contributed by atoms with E-state index in [0.29, 0.717) is 25.2 Å². The third kappa shape index (κ3) is 4.38. The Morgan fingerprint density at radius 1 is 1.15 bits per heavy atom. The van der Waals surface area contributed by atoms with E-state index >= 15 is 0 Å². The number of carbonyl (C=O) groups excluding carboxylic acids is 1. The lowest BCUT2D eigenvalue weighted by Crippen LogP contribution is -2.31. The van der Waals surface area contributed by atoms with Crippen molar-refractivity contribution in [2.45, 2.75) is 19.0 Å². The maximum absolute atomic E-state index is 12.7. The number of hydrogen-bond acceptors (Lipinski definition) is 3. The second kappa shape index (κ2) is 8.27. The summed E-state index contributed by atoms with van der Waals surface area (Å²) in [5, 5.41) is 0. The normalized spacial score (nSPS) is 19.8. The smallest absolute Gasteiger partial charge is 0.387 e. The quantitative estimate of drug-likeness (QED) is 0.862. The van der Waals surface area contributed by atoms with Gasteiger partial charge in [0.2, 0.25) is 5.91 Å². The summed E-state index contributed by atoms with van der Waals surface area (Å²) < 4.78 is 29.1. The minimum atomic E-state index is -2.88. The highest BCUT2D eigenvalue weighted by molar-refractivity contribution is 5.79. The molecule has 0 saturated carbocycles. The second-order valence-corrected chi connectivity index (χ2v) is 6.51. The van der Waals surface area contributed by atoms with E-state index in [4.69, 9.17) is 5.73 Å². The van der Waals surface area contributed by atoms with Gasteiger partial charge in [0.1, 0.15) is 5.75 Å². The molecule has 1 saturated heterocycles. The van der Waals surface area contributed by atoms with Crippen molar-refractivity contribution in [1.29, 1.82) is 0 Å². The minimum Gasteiger partial charge on any atom is -0.435 e. The highest BCUT2D eigenvalue weighted by atomic mass is 19.3. The van der Waals surface area contributed by atoms with Crippen LogP contribution >= 0.6 is 0 Å². The summed E-state index contributed by atoms with van der Waals surface area (Å²) in [5.41, 5.74) is 7.76. The predicted molar refractivity (Wildman–Crippen MR) is 95.1 cm³/mol. The van der Waals surface area contributed by atoms with Crippen molar-refractivity contribution in [2.24, 2.45) is 11.7 Å². The number of nitrogens with zero attached hydrogens (tertiary/aromatic N) is 1. The number of ether oxygens (including phenoxy) is 1. The lowest BCUT2D eigenvalue weighted by molar-refractivity contribution is -0.129. The Bertz CT molecular complexity index is 740. The molecule has 1 amide bonds. The van der Waals surface area contributed by atoms with Gasteiger partial charge in [0.25, 0.3) is 0 Å². The Hall–Kier alpha value is -2.47. The first-order valence-electron chi connectivity index (χ1n) is 8.63. The SMILES string of the molecule is NC[C@@H]1CN(C(=O)Cc2cccc(OC(F)F)c2)C[C@H]1c1ccccc1. The van der Waals surface area contributed by atoms with Crippen LogP contribution in [0.1, 0.15) is 17.0 Å². The van der Waals surface area contributed by atoms with Crippen LogP contribution < -0.4 is 10.5 Å². The van der Waals surface area contributed by atoms with Gasteiger partial charge in [-0.15, -0.1) is 0 Å². The molecule has 1 heterocycles. The molecule has 1 aliphatic rings. The molecule has 2 atom stereocenters. The molecule has 2 aromatic rings. The van der Waals surface area contributed by atoms with E-state index in [2.05, 4.69) is 16.9 Å². The lowest BCUT2D eigenvalue weighted by Gasteiger charge is -2.17. The molecule has 6 heteroatoms. The Morgan fingerprint density at radius 3 is 2.62 bits per heavy atom. The summed E-state index contributed by atoms with van der Waals surface area (Å²) in [6.07, 6.45) is 0.152. The first-order valence-corrected chi connectivity index (χ1v) is 8.63. The summed E-state index contributed by atoms with van der Waals surface area (Å²) in [6.45, 7) is -1.13. The van der Waals surface area contributed by atoms with Crippen LogP contribution in [0.2, 0.25) is 0 Å². The average molecular weight is 360 g/mol. The summed E-state index contributed by atoms with van der Waals surface area (Å²) >= 11 is 0. The van der Waals surface area contributed by atoms with Gasteiger partial charge in [0.05, 0.1) is 6.42 Å². The number of rotatable bonds is 6. The molecule has 26 heavy (non-hydrogen) atoms. The molecule has 0 aliphatic carbocycles. The lowest BCUT2D eigenvalue weighted by atomic mass is 9.89. The molecule has 0 bridgehead atoms. The first-order chi connectivity index (χ1) is 12.6. The molecule has 2 N–H and O–H groups in total. The van der Waals surface area contributed by atoms with Crippen molar-refractivity contribution in [1.82, 2.24) is 4.90 Å². The van der Waals surface area contributed by atoms with Crippen molar-refractivity contribution >= 4 is 5.91 Å². The van der Waals surface area contributed by atoms with Crippen LogP contribution in [0.4, 0.5) is 8.78 Å². The third-order valence-corrected chi connectivity index (χ3v) is 4.80. The fraction of sp³-hybridized carbons (Fsp3) is 0.350. The van der Waals surface area contributed by atoms with E-state index in [0.717, 1.165) is 0 Å². The van der Waals surface area contributed by atoms with Crippen molar-refractivity contribution in [3.05, 3.63) is 65.7 Å². The highest BCUT2D eigenvalue weighted by Gasteiger charge is 2.35. The Labute approximate surface area is 151 Å². The van der Waals surface area contributed by atoms with Crippen LogP contribution in [0.15, 0.2) is 54.6 Å². The van der Waals surface area contributed by atoms with Crippen molar-refractivity contribution in [3.63, 3.8) is 0 Å². The second-order valence-electron chi connectivity index (χ2n) is 6.51. The molecule has 2 aromatic carbocycles. The highest BCUT2D eigenvalue weighted by Crippen LogP contribution is 2.32. The van der Waals surface area contributed by atoms with E-state index in [1.807, 2.05) is 23.1 Å². The largest absolute Gasteiger partial charge is 0.435 e. The number of benzene rings is 2. The van der Waals surface area contributed by atoms with E-state index in [9.17, 15) is 13.6 Å². The molecule has 1 aliphatic heterocycles. The van der Waals surface area contributed by atoms with Crippen LogP contribution in [0.5, 0.6) is 5.75 Å². The number of amides is 1. The fourth-order valence-corrected chi connectivity index (χ4v) is 3.51. The Kier molecular flexibility index (Phi) is 5.83. The molecule has 0 aromatic heterocycles. The van der Waals surface area contributed by atoms with Gasteiger partial charge in [-0.25, -0.2) is 0 Å². The number of likely N-dealkylation sites (tertiary alicyclic amines) is 1. The maximum atomic E-state index is 12.7. The van der Waals surface area contributed by atoms with Gasteiger partial charge in [-0.1, -0.05) is 42.5 Å². The van der Waals surface area contributed by atoms with Gasteiger partial charge in [0.15, 0.2) is 0 Å². The number of halogens is 2. The molecule has 3 rings (SSSR count). The van der Waals surface area contributed by atoms with Gasteiger partial charge in [-0.05, 0) is 35.7 Å². The predicted octanol–water partition coefficient (Wildman–Crippen LogP) is 3.03. The standard InChI is InChI=1S/C20H22F2N2O2/c21-20(22)26-17-8-4-5-14(9-17)10-19(25)24-12-16(11-23)18(13-24)15-6-2-1-3-7-15/h1-9,16,18,20H,10-13,23H2/t16-,18+/m1/s1. The Morgan fingerprint density at radius 2 is 1.92 bits per heavy atom. The van der Waals surface area contributed by atoms with Crippen LogP contribution in [-0.4, -0.2) is 37.1 Å². The molecule has 4 nitrogen and oxygen atoms in total. The number of nitrogens with two attached hydrogens (primary N) is 1. The van der Waals surface area contributed by atoms with E-state index < -0.39 is 6.61 Å². The summed E-state index contributed by atoms with van der Waals surface area (Å²) in [7, 11) is 0. The van der Waals surface area contributed by atoms with Crippen LogP contribution in [0, 0.1) is 5.92 Å². The number of carbonyl (C=O) groups is 1. The molecular weight excluding hydrogens is 338 g/mol. The zero-order chi connectivity index (χ0) is 18.5. The zero-order valence-electron chi connectivity index (χ0n) is 14.4. The molecule has 0 spiro atoms. The monoisotopic (exact) mass is 360 g/mol. The molecule has 1 fully saturated rings. The molecule has 138 valence electrons. The van der Waals surface area contributed by atoms with Gasteiger partial charge in [-0.3, -0.25) is 4.79 Å². The molecule has 0 unspecified atom stereocenters. The Balaban J connectivity index is 1.67. The third-order valence-electron chi connectivity index (χ3n) is 4.80. The van der Waals surface area contributed by atoms with Crippen LogP contribution in [0.25, 0.3) is 0 Å². The van der Waals surface area contributed by atoms with E-state index in [1.165, 1.54) is 17.7 Å². The number of hydrogen-bond donors (Lipinski definition) is 1. The maximum Gasteiger partial charge on any atom is 0.387 e. The summed E-state index contributed by atoms with van der Waals surface area (Å²) in [6, 6.07) is 16.3. The van der Waals surface area contributed by atoms with Crippen LogP contribution in [-0.2, 0) is 11.2 Å².